The Hall–Kier alpha value is -2.12. The highest BCUT2D eigenvalue weighted by molar-refractivity contribution is 7.99. The van der Waals surface area contributed by atoms with Gasteiger partial charge in [0.15, 0.2) is 9.84 Å². The Morgan fingerprint density at radius 1 is 1.11 bits per heavy atom. The molecule has 0 unspecified atom stereocenters. The predicted molar refractivity (Wildman–Crippen MR) is 110 cm³/mol. The third-order valence-corrected chi connectivity index (χ3v) is 8.00. The van der Waals surface area contributed by atoms with Gasteiger partial charge in [0, 0.05) is 6.42 Å². The van der Waals surface area contributed by atoms with Gasteiger partial charge in [-0.2, -0.15) is 0 Å². The molecule has 0 radical (unpaired) electrons. The van der Waals surface area contributed by atoms with E-state index in [9.17, 15) is 8.42 Å². The highest BCUT2D eigenvalue weighted by Gasteiger charge is 2.29. The first-order chi connectivity index (χ1) is 13.5. The number of hydrogen-bond acceptors (Lipinski definition) is 6. The second kappa shape index (κ2) is 8.09. The molecule has 1 aliphatic rings. The van der Waals surface area contributed by atoms with Crippen LogP contribution in [0.3, 0.4) is 0 Å². The van der Waals surface area contributed by atoms with Crippen molar-refractivity contribution >= 4 is 21.6 Å². The standard InChI is InChI=1S/C21H22N2O3S2/c1-15-7-5-6-10-18(15)20(17-8-3-2-4-9-17)27-21-23-22-19(26-21)13-16-11-12-28(24,25)14-16/h2-10,16,20H,11-14H2,1H3/t16-,20+/m0/s1. The Kier molecular flexibility index (Phi) is 5.55. The van der Waals surface area contributed by atoms with Gasteiger partial charge in [0.1, 0.15) is 0 Å². The summed E-state index contributed by atoms with van der Waals surface area (Å²) in [7, 11) is -2.90. The van der Waals surface area contributed by atoms with Crippen LogP contribution >= 0.6 is 11.8 Å². The van der Waals surface area contributed by atoms with Crippen LogP contribution in [0.2, 0.25) is 0 Å². The highest BCUT2D eigenvalue weighted by Crippen LogP contribution is 2.41. The molecular formula is C21H22N2O3S2. The fraction of sp³-hybridized carbons (Fsp3) is 0.333. The molecule has 28 heavy (non-hydrogen) atoms. The lowest BCUT2D eigenvalue weighted by molar-refractivity contribution is 0.389. The van der Waals surface area contributed by atoms with E-state index in [1.807, 2.05) is 30.3 Å². The summed E-state index contributed by atoms with van der Waals surface area (Å²) in [5.74, 6) is 1.07. The summed E-state index contributed by atoms with van der Waals surface area (Å²) >= 11 is 1.53. The maximum Gasteiger partial charge on any atom is 0.277 e. The monoisotopic (exact) mass is 414 g/mol. The van der Waals surface area contributed by atoms with Crippen LogP contribution in [-0.2, 0) is 16.3 Å². The van der Waals surface area contributed by atoms with E-state index < -0.39 is 9.84 Å². The van der Waals surface area contributed by atoms with Gasteiger partial charge >= 0.3 is 0 Å². The summed E-state index contributed by atoms with van der Waals surface area (Å²) in [6.07, 6.45) is 1.19. The van der Waals surface area contributed by atoms with E-state index in [2.05, 4.69) is 41.4 Å². The van der Waals surface area contributed by atoms with Crippen LogP contribution in [0.4, 0.5) is 0 Å². The van der Waals surface area contributed by atoms with Crippen molar-refractivity contribution in [3.63, 3.8) is 0 Å². The van der Waals surface area contributed by atoms with E-state index >= 15 is 0 Å². The van der Waals surface area contributed by atoms with Gasteiger partial charge < -0.3 is 4.42 Å². The molecule has 0 spiro atoms. The van der Waals surface area contributed by atoms with Crippen molar-refractivity contribution in [2.24, 2.45) is 5.92 Å². The Labute approximate surface area is 169 Å². The first kappa shape index (κ1) is 19.2. The summed E-state index contributed by atoms with van der Waals surface area (Å²) in [6.45, 7) is 2.10. The lowest BCUT2D eigenvalue weighted by Gasteiger charge is -2.17. The van der Waals surface area contributed by atoms with E-state index in [4.69, 9.17) is 4.42 Å². The molecule has 5 nitrogen and oxygen atoms in total. The molecule has 2 heterocycles. The number of thioether (sulfide) groups is 1. The van der Waals surface area contributed by atoms with Gasteiger partial charge in [-0.1, -0.05) is 66.4 Å². The second-order valence-corrected chi connectivity index (χ2v) is 10.5. The van der Waals surface area contributed by atoms with Crippen LogP contribution in [0, 0.1) is 12.8 Å². The minimum atomic E-state index is -2.90. The van der Waals surface area contributed by atoms with Gasteiger partial charge in [-0.25, -0.2) is 8.42 Å². The van der Waals surface area contributed by atoms with E-state index in [0.29, 0.717) is 24.0 Å². The summed E-state index contributed by atoms with van der Waals surface area (Å²) in [4.78, 5) is 0. The summed E-state index contributed by atoms with van der Waals surface area (Å²) in [6, 6.07) is 18.6. The number of aromatic nitrogens is 2. The van der Waals surface area contributed by atoms with Crippen molar-refractivity contribution < 1.29 is 12.8 Å². The molecule has 0 amide bonds. The van der Waals surface area contributed by atoms with Crippen LogP contribution in [-0.4, -0.2) is 30.1 Å². The molecule has 2 aromatic carbocycles. The van der Waals surface area contributed by atoms with Crippen molar-refractivity contribution in [2.75, 3.05) is 11.5 Å². The number of benzene rings is 2. The SMILES string of the molecule is Cc1ccccc1[C@H](Sc1nnc(C[C@@H]2CCS(=O)(=O)C2)o1)c1ccccc1. The van der Waals surface area contributed by atoms with Crippen molar-refractivity contribution in [1.29, 1.82) is 0 Å². The largest absolute Gasteiger partial charge is 0.416 e. The Bertz CT molecular complexity index is 1050. The lowest BCUT2D eigenvalue weighted by atomic mass is 10.0. The number of sulfone groups is 1. The molecular weight excluding hydrogens is 392 g/mol. The second-order valence-electron chi connectivity index (χ2n) is 7.20. The zero-order chi connectivity index (χ0) is 19.6. The van der Waals surface area contributed by atoms with Gasteiger partial charge in [0.05, 0.1) is 16.8 Å². The number of hydrogen-bond donors (Lipinski definition) is 0. The van der Waals surface area contributed by atoms with E-state index in [1.165, 1.54) is 28.5 Å². The topological polar surface area (TPSA) is 73.1 Å². The van der Waals surface area contributed by atoms with Crippen LogP contribution in [0.15, 0.2) is 64.2 Å². The molecule has 0 saturated carbocycles. The smallest absolute Gasteiger partial charge is 0.277 e. The van der Waals surface area contributed by atoms with Crippen LogP contribution in [0.5, 0.6) is 0 Å². The summed E-state index contributed by atoms with van der Waals surface area (Å²) in [5, 5.41) is 8.92. The molecule has 0 N–H and O–H groups in total. The lowest BCUT2D eigenvalue weighted by Crippen LogP contribution is -2.07. The first-order valence-corrected chi connectivity index (χ1v) is 12.0. The Morgan fingerprint density at radius 2 is 1.86 bits per heavy atom. The summed E-state index contributed by atoms with van der Waals surface area (Å²) < 4.78 is 29.2. The third kappa shape index (κ3) is 4.47. The van der Waals surface area contributed by atoms with Gasteiger partial charge in [0.2, 0.25) is 5.89 Å². The normalized spacial score (nSPS) is 19.5. The molecule has 0 aliphatic carbocycles. The average molecular weight is 415 g/mol. The van der Waals surface area contributed by atoms with Gasteiger partial charge in [-0.05, 0) is 36.0 Å². The van der Waals surface area contributed by atoms with Crippen molar-refractivity contribution in [1.82, 2.24) is 10.2 Å². The zero-order valence-corrected chi connectivity index (χ0v) is 17.2. The maximum atomic E-state index is 11.7. The van der Waals surface area contributed by atoms with Gasteiger partial charge in [-0.3, -0.25) is 0 Å². The number of aryl methyl sites for hydroxylation is 1. The fourth-order valence-corrected chi connectivity index (χ4v) is 6.55. The van der Waals surface area contributed by atoms with Crippen LogP contribution in [0.1, 0.15) is 34.3 Å². The molecule has 1 aromatic heterocycles. The molecule has 146 valence electrons. The van der Waals surface area contributed by atoms with E-state index in [1.54, 1.807) is 0 Å². The molecule has 1 fully saturated rings. The van der Waals surface area contributed by atoms with Crippen molar-refractivity contribution in [3.8, 4) is 0 Å². The molecule has 7 heteroatoms. The quantitative estimate of drug-likeness (QED) is 0.562. The number of nitrogens with zero attached hydrogens (tertiary/aromatic N) is 2. The van der Waals surface area contributed by atoms with Crippen molar-refractivity contribution in [3.05, 3.63) is 77.2 Å². The molecule has 2 atom stereocenters. The van der Waals surface area contributed by atoms with Gasteiger partial charge in [-0.15, -0.1) is 10.2 Å². The molecule has 4 rings (SSSR count). The number of rotatable bonds is 6. The molecule has 1 saturated heterocycles. The summed E-state index contributed by atoms with van der Waals surface area (Å²) in [5.41, 5.74) is 3.59. The van der Waals surface area contributed by atoms with Gasteiger partial charge in [0.25, 0.3) is 5.22 Å². The maximum absolute atomic E-state index is 11.7. The predicted octanol–water partition coefficient (Wildman–Crippen LogP) is 4.24. The van der Waals surface area contributed by atoms with E-state index in [0.717, 1.165) is 0 Å². The van der Waals surface area contributed by atoms with Crippen LogP contribution < -0.4 is 0 Å². The van der Waals surface area contributed by atoms with E-state index in [-0.39, 0.29) is 22.7 Å². The molecule has 0 bridgehead atoms. The molecule has 1 aliphatic heterocycles. The molecule has 3 aromatic rings. The van der Waals surface area contributed by atoms with Crippen molar-refractivity contribution in [2.45, 2.75) is 30.2 Å². The fourth-order valence-electron chi connectivity index (χ4n) is 3.57. The Balaban J connectivity index is 1.55. The zero-order valence-electron chi connectivity index (χ0n) is 15.6. The first-order valence-electron chi connectivity index (χ1n) is 9.30. The Morgan fingerprint density at radius 3 is 2.57 bits per heavy atom. The van der Waals surface area contributed by atoms with Crippen LogP contribution in [0.25, 0.3) is 0 Å². The third-order valence-electron chi connectivity index (χ3n) is 5.03. The minimum absolute atomic E-state index is 0.0440. The minimum Gasteiger partial charge on any atom is -0.416 e. The highest BCUT2D eigenvalue weighted by atomic mass is 32.2. The average Bonchev–Trinajstić information content (AvgIpc) is 3.27.